The van der Waals surface area contributed by atoms with E-state index in [1.807, 2.05) is 44.2 Å². The molecule has 0 spiro atoms. The molecule has 0 saturated heterocycles. The van der Waals surface area contributed by atoms with Crippen molar-refractivity contribution in [3.05, 3.63) is 41.7 Å². The molecule has 0 aliphatic heterocycles. The third kappa shape index (κ3) is 4.54. The summed E-state index contributed by atoms with van der Waals surface area (Å²) in [6.07, 6.45) is 8.81. The lowest BCUT2D eigenvalue weighted by Gasteiger charge is -2.24. The average Bonchev–Trinajstić information content (AvgIpc) is 3.34. The van der Waals surface area contributed by atoms with Crippen LogP contribution in [0.15, 0.2) is 35.5 Å². The predicted molar refractivity (Wildman–Crippen MR) is 110 cm³/mol. The molecule has 1 saturated carbocycles. The maximum Gasteiger partial charge on any atom is 0.230 e. The second-order valence-electron chi connectivity index (χ2n) is 7.76. The van der Waals surface area contributed by atoms with Crippen molar-refractivity contribution >= 4 is 17.7 Å². The number of aromatic nitrogens is 3. The number of thioether (sulfide) groups is 1. The molecule has 1 heterocycles. The molecule has 5 nitrogen and oxygen atoms in total. The van der Waals surface area contributed by atoms with E-state index >= 15 is 0 Å². The van der Waals surface area contributed by atoms with Crippen molar-refractivity contribution in [1.29, 1.82) is 0 Å². The molecule has 0 unspecified atom stereocenters. The summed E-state index contributed by atoms with van der Waals surface area (Å²) >= 11 is 1.67. The Balaban J connectivity index is 1.55. The molecule has 1 aliphatic rings. The number of carbonyl (C=O) groups is 1. The highest BCUT2D eigenvalue weighted by Crippen LogP contribution is 2.33. The molecule has 1 fully saturated rings. The molecule has 1 aliphatic carbocycles. The van der Waals surface area contributed by atoms with Gasteiger partial charge in [0, 0.05) is 19.0 Å². The summed E-state index contributed by atoms with van der Waals surface area (Å²) in [5.74, 6) is 1.12. The van der Waals surface area contributed by atoms with Crippen molar-refractivity contribution in [3.63, 3.8) is 0 Å². The SMILES string of the molecule is CSc1nnc(CCCNC(=O)C(C)(C)c2ccccc2)n1C1CCCC1. The summed E-state index contributed by atoms with van der Waals surface area (Å²) in [6, 6.07) is 10.5. The van der Waals surface area contributed by atoms with E-state index in [-0.39, 0.29) is 5.91 Å². The zero-order chi connectivity index (χ0) is 19.3. The standard InChI is InChI=1S/C21H30N4OS/c1-21(2,16-10-5-4-6-11-16)19(26)22-15-9-14-18-23-24-20(27-3)25(18)17-12-7-8-13-17/h4-6,10-11,17H,7-9,12-15H2,1-3H3,(H,22,26). The minimum atomic E-state index is -0.531. The van der Waals surface area contributed by atoms with Gasteiger partial charge in [-0.2, -0.15) is 0 Å². The van der Waals surface area contributed by atoms with E-state index in [2.05, 4.69) is 26.3 Å². The molecular weight excluding hydrogens is 356 g/mol. The number of benzene rings is 1. The number of nitrogens with one attached hydrogen (secondary N) is 1. The van der Waals surface area contributed by atoms with Crippen LogP contribution in [-0.4, -0.2) is 33.5 Å². The van der Waals surface area contributed by atoms with Gasteiger partial charge >= 0.3 is 0 Å². The van der Waals surface area contributed by atoms with Gasteiger partial charge in [0.15, 0.2) is 5.16 Å². The fourth-order valence-electron chi connectivity index (χ4n) is 3.80. The number of carbonyl (C=O) groups excluding carboxylic acids is 1. The number of hydrogen-bond acceptors (Lipinski definition) is 4. The van der Waals surface area contributed by atoms with Crippen molar-refractivity contribution in [2.75, 3.05) is 12.8 Å². The van der Waals surface area contributed by atoms with Gasteiger partial charge in [-0.05, 0) is 44.9 Å². The summed E-state index contributed by atoms with van der Waals surface area (Å²) in [4.78, 5) is 12.7. The summed E-state index contributed by atoms with van der Waals surface area (Å²) in [7, 11) is 0. The van der Waals surface area contributed by atoms with Crippen LogP contribution in [0.4, 0.5) is 0 Å². The van der Waals surface area contributed by atoms with Crippen LogP contribution in [0.3, 0.4) is 0 Å². The average molecular weight is 387 g/mol. The first-order chi connectivity index (χ1) is 13.0. The molecule has 1 aromatic carbocycles. The van der Waals surface area contributed by atoms with Crippen LogP contribution in [-0.2, 0) is 16.6 Å². The highest BCUT2D eigenvalue weighted by molar-refractivity contribution is 7.98. The molecule has 3 rings (SSSR count). The van der Waals surface area contributed by atoms with Gasteiger partial charge in [0.25, 0.3) is 0 Å². The first-order valence-electron chi connectivity index (χ1n) is 9.85. The van der Waals surface area contributed by atoms with Gasteiger partial charge in [-0.25, -0.2) is 0 Å². The van der Waals surface area contributed by atoms with Gasteiger partial charge in [0.1, 0.15) is 5.82 Å². The summed E-state index contributed by atoms with van der Waals surface area (Å²) < 4.78 is 2.34. The van der Waals surface area contributed by atoms with Crippen LogP contribution >= 0.6 is 11.8 Å². The Morgan fingerprint density at radius 3 is 2.59 bits per heavy atom. The number of rotatable bonds is 8. The van der Waals surface area contributed by atoms with Crippen molar-refractivity contribution < 1.29 is 4.79 Å². The number of amides is 1. The normalized spacial score (nSPS) is 15.2. The first kappa shape index (κ1) is 19.9. The van der Waals surface area contributed by atoms with E-state index in [0.717, 1.165) is 29.4 Å². The molecule has 1 aromatic heterocycles. The molecular formula is C21H30N4OS. The molecule has 27 heavy (non-hydrogen) atoms. The lowest BCUT2D eigenvalue weighted by atomic mass is 9.84. The fraction of sp³-hybridized carbons (Fsp3) is 0.571. The van der Waals surface area contributed by atoms with Gasteiger partial charge in [-0.15, -0.1) is 10.2 Å². The third-order valence-electron chi connectivity index (χ3n) is 5.53. The lowest BCUT2D eigenvalue weighted by molar-refractivity contribution is -0.125. The Kier molecular flexibility index (Phi) is 6.58. The van der Waals surface area contributed by atoms with Gasteiger partial charge < -0.3 is 9.88 Å². The lowest BCUT2D eigenvalue weighted by Crippen LogP contribution is -2.40. The van der Waals surface area contributed by atoms with Crippen molar-refractivity contribution in [2.45, 2.75) is 69.0 Å². The van der Waals surface area contributed by atoms with Crippen molar-refractivity contribution in [3.8, 4) is 0 Å². The van der Waals surface area contributed by atoms with Crippen molar-refractivity contribution in [1.82, 2.24) is 20.1 Å². The van der Waals surface area contributed by atoms with Crippen LogP contribution in [0.25, 0.3) is 0 Å². The summed E-state index contributed by atoms with van der Waals surface area (Å²) in [5.41, 5.74) is 0.505. The second-order valence-corrected chi connectivity index (χ2v) is 8.54. The second kappa shape index (κ2) is 8.91. The molecule has 146 valence electrons. The maximum absolute atomic E-state index is 12.7. The Labute approximate surface area is 166 Å². The fourth-order valence-corrected chi connectivity index (χ4v) is 4.38. The van der Waals surface area contributed by atoms with Gasteiger partial charge in [-0.1, -0.05) is 54.9 Å². The molecule has 1 amide bonds. The smallest absolute Gasteiger partial charge is 0.230 e. The number of nitrogens with zero attached hydrogens (tertiary/aromatic N) is 3. The number of aryl methyl sites for hydroxylation is 1. The zero-order valence-corrected chi connectivity index (χ0v) is 17.4. The minimum absolute atomic E-state index is 0.0655. The summed E-state index contributed by atoms with van der Waals surface area (Å²) in [6.45, 7) is 4.60. The van der Waals surface area contributed by atoms with Gasteiger partial charge in [0.05, 0.1) is 5.41 Å². The number of hydrogen-bond donors (Lipinski definition) is 1. The molecule has 2 aromatic rings. The molecule has 0 bridgehead atoms. The Bertz CT molecular complexity index is 751. The van der Waals surface area contributed by atoms with Crippen LogP contribution in [0.5, 0.6) is 0 Å². The van der Waals surface area contributed by atoms with Gasteiger partial charge in [-0.3, -0.25) is 4.79 Å². The minimum Gasteiger partial charge on any atom is -0.355 e. The summed E-state index contributed by atoms with van der Waals surface area (Å²) in [5, 5.41) is 12.9. The highest BCUT2D eigenvalue weighted by atomic mass is 32.2. The predicted octanol–water partition coefficient (Wildman–Crippen LogP) is 4.14. The van der Waals surface area contributed by atoms with Crippen LogP contribution in [0.1, 0.15) is 63.4 Å². The molecule has 0 atom stereocenters. The van der Waals surface area contributed by atoms with E-state index in [1.54, 1.807) is 11.8 Å². The topological polar surface area (TPSA) is 59.8 Å². The zero-order valence-electron chi connectivity index (χ0n) is 16.6. The van der Waals surface area contributed by atoms with Crippen LogP contribution < -0.4 is 5.32 Å². The molecule has 0 radical (unpaired) electrons. The largest absolute Gasteiger partial charge is 0.355 e. The highest BCUT2D eigenvalue weighted by Gasteiger charge is 2.29. The Hall–Kier alpha value is -1.82. The van der Waals surface area contributed by atoms with Gasteiger partial charge in [0.2, 0.25) is 5.91 Å². The van der Waals surface area contributed by atoms with E-state index in [4.69, 9.17) is 0 Å². The third-order valence-corrected chi connectivity index (χ3v) is 6.18. The monoisotopic (exact) mass is 386 g/mol. The van der Waals surface area contributed by atoms with E-state index in [9.17, 15) is 4.79 Å². The quantitative estimate of drug-likeness (QED) is 0.547. The molecule has 1 N–H and O–H groups in total. The Morgan fingerprint density at radius 2 is 1.93 bits per heavy atom. The first-order valence-corrected chi connectivity index (χ1v) is 11.1. The van der Waals surface area contributed by atoms with Crippen LogP contribution in [0.2, 0.25) is 0 Å². The van der Waals surface area contributed by atoms with E-state index in [1.165, 1.54) is 25.7 Å². The van der Waals surface area contributed by atoms with E-state index < -0.39 is 5.41 Å². The molecule has 6 heteroatoms. The van der Waals surface area contributed by atoms with Crippen molar-refractivity contribution in [2.24, 2.45) is 0 Å². The maximum atomic E-state index is 12.7. The Morgan fingerprint density at radius 1 is 1.22 bits per heavy atom. The van der Waals surface area contributed by atoms with Crippen LogP contribution in [0, 0.1) is 0 Å². The van der Waals surface area contributed by atoms with E-state index in [0.29, 0.717) is 12.6 Å².